The summed E-state index contributed by atoms with van der Waals surface area (Å²) in [7, 11) is -3.70. The highest BCUT2D eigenvalue weighted by molar-refractivity contribution is 7.92. The first-order valence-electron chi connectivity index (χ1n) is 7.54. The zero-order valence-corrected chi connectivity index (χ0v) is 14.7. The average molecular weight is 337 g/mol. The zero-order chi connectivity index (χ0) is 17.0. The number of pyridine rings is 1. The van der Waals surface area contributed by atoms with Crippen molar-refractivity contribution >= 4 is 21.5 Å². The van der Waals surface area contributed by atoms with E-state index in [1.54, 1.807) is 32.2 Å². The van der Waals surface area contributed by atoms with Gasteiger partial charge >= 0.3 is 0 Å². The molecule has 0 amide bonds. The minimum atomic E-state index is -3.70. The van der Waals surface area contributed by atoms with E-state index < -0.39 is 10.0 Å². The lowest BCUT2D eigenvalue weighted by Crippen LogP contribution is -2.15. The van der Waals surface area contributed by atoms with Crippen LogP contribution in [-0.2, 0) is 10.0 Å². The summed E-state index contributed by atoms with van der Waals surface area (Å²) in [4.78, 5) is 4.31. The molecule has 2 rings (SSSR count). The van der Waals surface area contributed by atoms with E-state index in [0.717, 1.165) is 18.7 Å². The lowest BCUT2D eigenvalue weighted by molar-refractivity contribution is 0.600. The van der Waals surface area contributed by atoms with Crippen molar-refractivity contribution < 1.29 is 8.42 Å². The fraction of sp³-hybridized carbons (Fsp3) is 0.467. The summed E-state index contributed by atoms with van der Waals surface area (Å²) < 4.78 is 27.3. The number of aromatic amines is 1. The zero-order valence-electron chi connectivity index (χ0n) is 13.8. The number of nitrogens with one attached hydrogen (secondary N) is 3. The number of H-pyrrole nitrogens is 1. The topological polar surface area (TPSA) is 99.8 Å². The van der Waals surface area contributed by atoms with Crippen LogP contribution in [0.3, 0.4) is 0 Å². The molecule has 0 atom stereocenters. The molecule has 0 unspecified atom stereocenters. The van der Waals surface area contributed by atoms with Crippen LogP contribution in [0.5, 0.6) is 0 Å². The normalized spacial score (nSPS) is 11.7. The second-order valence-electron chi connectivity index (χ2n) is 5.91. The van der Waals surface area contributed by atoms with E-state index in [9.17, 15) is 8.42 Å². The van der Waals surface area contributed by atoms with E-state index in [0.29, 0.717) is 17.3 Å². The number of rotatable bonds is 7. The summed E-state index contributed by atoms with van der Waals surface area (Å²) in [6.07, 6.45) is 2.68. The van der Waals surface area contributed by atoms with E-state index in [1.807, 2.05) is 0 Å². The molecule has 8 heteroatoms. The van der Waals surface area contributed by atoms with Crippen molar-refractivity contribution in [1.29, 1.82) is 0 Å². The molecule has 2 aromatic heterocycles. The maximum atomic E-state index is 12.4. The predicted molar refractivity (Wildman–Crippen MR) is 91.1 cm³/mol. The maximum Gasteiger partial charge on any atom is 0.266 e. The van der Waals surface area contributed by atoms with Crippen LogP contribution >= 0.6 is 0 Å². The number of hydrogen-bond acceptors (Lipinski definition) is 5. The number of hydrogen-bond donors (Lipinski definition) is 3. The van der Waals surface area contributed by atoms with Crippen molar-refractivity contribution in [3.05, 3.63) is 29.7 Å². The first kappa shape index (κ1) is 17.3. The number of nitrogens with zero attached hydrogens (tertiary/aromatic N) is 2. The molecule has 0 saturated heterocycles. The molecular formula is C15H23N5O2S. The monoisotopic (exact) mass is 337 g/mol. The largest absolute Gasteiger partial charge is 0.384 e. The molecule has 2 heterocycles. The smallest absolute Gasteiger partial charge is 0.266 e. The molecule has 7 nitrogen and oxygen atoms in total. The van der Waals surface area contributed by atoms with Crippen molar-refractivity contribution in [2.24, 2.45) is 5.92 Å². The second-order valence-corrected chi connectivity index (χ2v) is 7.53. The fourth-order valence-electron chi connectivity index (χ4n) is 2.19. The van der Waals surface area contributed by atoms with Crippen LogP contribution in [-0.4, -0.2) is 30.1 Å². The first-order valence-corrected chi connectivity index (χ1v) is 9.02. The standard InChI is InChI=1S/C15H23N5O2S/c1-10(2)7-8-16-13-5-6-14(17-9-13)20-23(21,22)15-11(3)18-19-12(15)4/h5-6,9-10,16H,7-8H2,1-4H3,(H,17,20)(H,18,19). The van der Waals surface area contributed by atoms with Crippen molar-refractivity contribution in [3.63, 3.8) is 0 Å². The van der Waals surface area contributed by atoms with E-state index in [-0.39, 0.29) is 10.7 Å². The highest BCUT2D eigenvalue weighted by atomic mass is 32.2. The second kappa shape index (κ2) is 6.99. The summed E-state index contributed by atoms with van der Waals surface area (Å²) >= 11 is 0. The molecule has 0 aromatic carbocycles. The molecule has 0 spiro atoms. The van der Waals surface area contributed by atoms with Crippen LogP contribution in [0.4, 0.5) is 11.5 Å². The van der Waals surface area contributed by atoms with Crippen LogP contribution in [0.2, 0.25) is 0 Å². The van der Waals surface area contributed by atoms with Crippen LogP contribution in [0.15, 0.2) is 23.2 Å². The highest BCUT2D eigenvalue weighted by Gasteiger charge is 2.22. The summed E-state index contributed by atoms with van der Waals surface area (Å²) in [5.41, 5.74) is 1.80. The van der Waals surface area contributed by atoms with E-state index in [4.69, 9.17) is 0 Å². The Morgan fingerprint density at radius 2 is 2.00 bits per heavy atom. The molecule has 0 aliphatic rings. The summed E-state index contributed by atoms with van der Waals surface area (Å²) in [5, 5.41) is 9.84. The third-order valence-corrected chi connectivity index (χ3v) is 5.00. The molecular weight excluding hydrogens is 314 g/mol. The van der Waals surface area contributed by atoms with Gasteiger partial charge in [0.25, 0.3) is 10.0 Å². The van der Waals surface area contributed by atoms with E-state index in [2.05, 4.69) is 39.1 Å². The fourth-order valence-corrected chi connectivity index (χ4v) is 3.57. The van der Waals surface area contributed by atoms with E-state index >= 15 is 0 Å². The van der Waals surface area contributed by atoms with Crippen molar-refractivity contribution in [3.8, 4) is 0 Å². The SMILES string of the molecule is Cc1n[nH]c(C)c1S(=O)(=O)Nc1ccc(NCCC(C)C)cn1. The Kier molecular flexibility index (Phi) is 5.25. The van der Waals surface area contributed by atoms with Gasteiger partial charge in [-0.3, -0.25) is 9.82 Å². The summed E-state index contributed by atoms with van der Waals surface area (Å²) in [6.45, 7) is 8.50. The molecule has 0 aliphatic heterocycles. The Morgan fingerprint density at radius 1 is 1.26 bits per heavy atom. The van der Waals surface area contributed by atoms with Gasteiger partial charge in [-0.25, -0.2) is 13.4 Å². The Labute approximate surface area is 137 Å². The molecule has 3 N–H and O–H groups in total. The van der Waals surface area contributed by atoms with Gasteiger partial charge in [0.2, 0.25) is 0 Å². The molecule has 2 aromatic rings. The van der Waals surface area contributed by atoms with Gasteiger partial charge in [0.1, 0.15) is 10.7 Å². The minimum absolute atomic E-state index is 0.165. The van der Waals surface area contributed by atoms with Gasteiger partial charge in [-0.1, -0.05) is 13.8 Å². The van der Waals surface area contributed by atoms with Crippen molar-refractivity contribution in [2.75, 3.05) is 16.6 Å². The van der Waals surface area contributed by atoms with Gasteiger partial charge in [0, 0.05) is 6.54 Å². The number of sulfonamides is 1. The van der Waals surface area contributed by atoms with Gasteiger partial charge in [0.05, 0.1) is 23.3 Å². The maximum absolute atomic E-state index is 12.4. The molecule has 0 radical (unpaired) electrons. The van der Waals surface area contributed by atoms with Crippen molar-refractivity contribution in [2.45, 2.75) is 39.0 Å². The van der Waals surface area contributed by atoms with Gasteiger partial charge in [0.15, 0.2) is 0 Å². The third-order valence-electron chi connectivity index (χ3n) is 3.38. The van der Waals surface area contributed by atoms with Gasteiger partial charge in [-0.05, 0) is 38.3 Å². The lowest BCUT2D eigenvalue weighted by Gasteiger charge is -2.10. The van der Waals surface area contributed by atoms with Gasteiger partial charge in [-0.15, -0.1) is 0 Å². The van der Waals surface area contributed by atoms with Gasteiger partial charge < -0.3 is 5.32 Å². The molecule has 0 aliphatic carbocycles. The highest BCUT2D eigenvalue weighted by Crippen LogP contribution is 2.20. The molecule has 0 saturated carbocycles. The Balaban J connectivity index is 2.06. The Bertz CT molecular complexity index is 731. The lowest BCUT2D eigenvalue weighted by atomic mass is 10.1. The summed E-state index contributed by atoms with van der Waals surface area (Å²) in [6, 6.07) is 3.44. The average Bonchev–Trinajstić information content (AvgIpc) is 2.80. The quantitative estimate of drug-likeness (QED) is 0.721. The minimum Gasteiger partial charge on any atom is -0.384 e. The number of anilines is 2. The molecule has 0 bridgehead atoms. The first-order chi connectivity index (χ1) is 10.8. The molecule has 0 fully saturated rings. The van der Waals surface area contributed by atoms with E-state index in [1.165, 1.54) is 0 Å². The van der Waals surface area contributed by atoms with Gasteiger partial charge in [-0.2, -0.15) is 5.10 Å². The third kappa shape index (κ3) is 4.44. The molecule has 126 valence electrons. The van der Waals surface area contributed by atoms with Crippen LogP contribution in [0.1, 0.15) is 31.7 Å². The van der Waals surface area contributed by atoms with Crippen LogP contribution < -0.4 is 10.0 Å². The van der Waals surface area contributed by atoms with Crippen LogP contribution in [0, 0.1) is 19.8 Å². The van der Waals surface area contributed by atoms with Crippen LogP contribution in [0.25, 0.3) is 0 Å². The molecule has 23 heavy (non-hydrogen) atoms. The Morgan fingerprint density at radius 3 is 2.52 bits per heavy atom. The summed E-state index contributed by atoms with van der Waals surface area (Å²) in [5.74, 6) is 0.905. The Hall–Kier alpha value is -2.09. The number of aromatic nitrogens is 3. The number of aryl methyl sites for hydroxylation is 2. The van der Waals surface area contributed by atoms with Crippen molar-refractivity contribution in [1.82, 2.24) is 15.2 Å². The predicted octanol–water partition coefficient (Wildman–Crippen LogP) is 2.68.